The second-order valence-corrected chi connectivity index (χ2v) is 3.19. The molecule has 1 N–H and O–H groups in total. The molecule has 3 nitrogen and oxygen atoms in total. The molecule has 11 heavy (non-hydrogen) atoms. The lowest BCUT2D eigenvalue weighted by Crippen LogP contribution is -1.97. The Morgan fingerprint density at radius 2 is 2.55 bits per heavy atom. The molecule has 0 aliphatic heterocycles. The van der Waals surface area contributed by atoms with Gasteiger partial charge in [0.25, 0.3) is 0 Å². The van der Waals surface area contributed by atoms with E-state index in [2.05, 4.69) is 34.6 Å². The van der Waals surface area contributed by atoms with Gasteiger partial charge in [-0.25, -0.2) is 4.98 Å². The smallest absolute Gasteiger partial charge is 0.202 e. The van der Waals surface area contributed by atoms with E-state index < -0.39 is 0 Å². The van der Waals surface area contributed by atoms with Gasteiger partial charge in [-0.3, -0.25) is 0 Å². The van der Waals surface area contributed by atoms with Crippen LogP contribution in [0, 0.1) is 0 Å². The van der Waals surface area contributed by atoms with Crippen molar-refractivity contribution in [2.45, 2.75) is 13.8 Å². The van der Waals surface area contributed by atoms with Gasteiger partial charge >= 0.3 is 0 Å². The Hall–Kier alpha value is -0.900. The van der Waals surface area contributed by atoms with E-state index in [1.54, 1.807) is 6.33 Å². The van der Waals surface area contributed by atoms with Crippen LogP contribution >= 0.6 is 11.5 Å². The summed E-state index contributed by atoms with van der Waals surface area (Å²) in [5.41, 5.74) is 1.31. The van der Waals surface area contributed by atoms with Gasteiger partial charge in [-0.15, -0.1) is 0 Å². The fourth-order valence-electron chi connectivity index (χ4n) is 0.593. The Balaban J connectivity index is 2.30. The molecule has 0 aromatic carbocycles. The summed E-state index contributed by atoms with van der Waals surface area (Å²) in [4.78, 5) is 3.98. The van der Waals surface area contributed by atoms with E-state index in [4.69, 9.17) is 0 Å². The highest BCUT2D eigenvalue weighted by molar-refractivity contribution is 7.09. The van der Waals surface area contributed by atoms with Gasteiger partial charge in [0, 0.05) is 18.1 Å². The van der Waals surface area contributed by atoms with Gasteiger partial charge in [-0.1, -0.05) is 11.6 Å². The third kappa shape index (κ3) is 3.13. The number of aromatic nitrogens is 2. The maximum atomic E-state index is 3.98. The molecule has 1 heterocycles. The minimum absolute atomic E-state index is 0.831. The molecular formula is C7H11N3S. The van der Waals surface area contributed by atoms with E-state index in [-0.39, 0.29) is 0 Å². The van der Waals surface area contributed by atoms with Crippen molar-refractivity contribution in [1.82, 2.24) is 9.36 Å². The molecule has 0 bridgehead atoms. The van der Waals surface area contributed by atoms with Crippen LogP contribution in [0.25, 0.3) is 0 Å². The Morgan fingerprint density at radius 3 is 3.09 bits per heavy atom. The van der Waals surface area contributed by atoms with Crippen molar-refractivity contribution in [2.75, 3.05) is 11.9 Å². The second kappa shape index (κ2) is 4.08. The van der Waals surface area contributed by atoms with Gasteiger partial charge in [-0.2, -0.15) is 4.37 Å². The van der Waals surface area contributed by atoms with Gasteiger partial charge in [0.1, 0.15) is 6.33 Å². The first-order chi connectivity index (χ1) is 5.29. The summed E-state index contributed by atoms with van der Waals surface area (Å²) in [5, 5.41) is 4.00. The Labute approximate surface area is 70.3 Å². The number of nitrogens with one attached hydrogen (secondary N) is 1. The van der Waals surface area contributed by atoms with Crippen molar-refractivity contribution in [2.24, 2.45) is 0 Å². The molecule has 0 spiro atoms. The number of rotatable bonds is 3. The van der Waals surface area contributed by atoms with Crippen molar-refractivity contribution in [3.63, 3.8) is 0 Å². The van der Waals surface area contributed by atoms with E-state index in [9.17, 15) is 0 Å². The Morgan fingerprint density at radius 1 is 1.73 bits per heavy atom. The Kier molecular flexibility index (Phi) is 3.04. The van der Waals surface area contributed by atoms with Crippen LogP contribution in [-0.2, 0) is 0 Å². The summed E-state index contributed by atoms with van der Waals surface area (Å²) in [7, 11) is 0. The van der Waals surface area contributed by atoms with Crippen LogP contribution in [0.4, 0.5) is 5.13 Å². The number of anilines is 1. The molecule has 0 atom stereocenters. The van der Waals surface area contributed by atoms with Crippen molar-refractivity contribution in [1.29, 1.82) is 0 Å². The van der Waals surface area contributed by atoms with E-state index in [1.165, 1.54) is 17.1 Å². The molecule has 0 fully saturated rings. The van der Waals surface area contributed by atoms with Gasteiger partial charge in [0.15, 0.2) is 0 Å². The molecule has 0 aliphatic carbocycles. The number of nitrogens with zero attached hydrogens (tertiary/aromatic N) is 2. The van der Waals surface area contributed by atoms with Gasteiger partial charge in [0.05, 0.1) is 0 Å². The molecule has 0 amide bonds. The predicted octanol–water partition coefficient (Wildman–Crippen LogP) is 1.92. The number of hydrogen-bond acceptors (Lipinski definition) is 4. The predicted molar refractivity (Wildman–Crippen MR) is 47.8 cm³/mol. The van der Waals surface area contributed by atoms with Crippen LogP contribution in [0.5, 0.6) is 0 Å². The van der Waals surface area contributed by atoms with Crippen LogP contribution in [0.15, 0.2) is 18.0 Å². The summed E-state index contributed by atoms with van der Waals surface area (Å²) >= 11 is 1.37. The highest BCUT2D eigenvalue weighted by Crippen LogP contribution is 2.05. The van der Waals surface area contributed by atoms with Gasteiger partial charge < -0.3 is 5.32 Å². The molecule has 0 aliphatic rings. The van der Waals surface area contributed by atoms with E-state index in [0.29, 0.717) is 0 Å². The SMILES string of the molecule is CC(C)=CCNc1ncns1. The fraction of sp³-hybridized carbons (Fsp3) is 0.429. The first kappa shape index (κ1) is 8.20. The monoisotopic (exact) mass is 169 g/mol. The van der Waals surface area contributed by atoms with Crippen molar-refractivity contribution in [3.05, 3.63) is 18.0 Å². The molecule has 0 radical (unpaired) electrons. The lowest BCUT2D eigenvalue weighted by molar-refractivity contribution is 1.23. The second-order valence-electron chi connectivity index (χ2n) is 2.41. The molecule has 1 aromatic rings. The first-order valence-electron chi connectivity index (χ1n) is 3.43. The molecule has 0 saturated heterocycles. The summed E-state index contributed by atoms with van der Waals surface area (Å²) < 4.78 is 3.87. The van der Waals surface area contributed by atoms with Crippen LogP contribution < -0.4 is 5.32 Å². The average Bonchev–Trinajstić information content (AvgIpc) is 2.39. The third-order valence-corrected chi connectivity index (χ3v) is 1.75. The van der Waals surface area contributed by atoms with Crippen LogP contribution in [0.2, 0.25) is 0 Å². The van der Waals surface area contributed by atoms with Crippen molar-refractivity contribution >= 4 is 16.7 Å². The quantitative estimate of drug-likeness (QED) is 0.702. The summed E-state index contributed by atoms with van der Waals surface area (Å²) in [5.74, 6) is 0. The number of hydrogen-bond donors (Lipinski definition) is 1. The molecule has 60 valence electrons. The van der Waals surface area contributed by atoms with E-state index in [0.717, 1.165) is 11.7 Å². The minimum Gasteiger partial charge on any atom is -0.357 e. The van der Waals surface area contributed by atoms with Crippen LogP contribution in [0.3, 0.4) is 0 Å². The minimum atomic E-state index is 0.831. The Bertz CT molecular complexity index is 224. The first-order valence-corrected chi connectivity index (χ1v) is 4.20. The lowest BCUT2D eigenvalue weighted by atomic mass is 10.3. The standard InChI is InChI=1S/C7H11N3S/c1-6(2)3-4-8-7-9-5-10-11-7/h3,5H,4H2,1-2H3,(H,8,9,10). The number of allylic oxidation sites excluding steroid dienone is 1. The zero-order valence-electron chi connectivity index (χ0n) is 6.66. The third-order valence-electron chi connectivity index (χ3n) is 1.12. The average molecular weight is 169 g/mol. The van der Waals surface area contributed by atoms with Crippen molar-refractivity contribution in [3.8, 4) is 0 Å². The summed E-state index contributed by atoms with van der Waals surface area (Å²) in [6.45, 7) is 4.97. The molecule has 1 rings (SSSR count). The lowest BCUT2D eigenvalue weighted by Gasteiger charge is -1.95. The van der Waals surface area contributed by atoms with Crippen LogP contribution in [0.1, 0.15) is 13.8 Å². The van der Waals surface area contributed by atoms with Gasteiger partial charge in [0.2, 0.25) is 5.13 Å². The van der Waals surface area contributed by atoms with E-state index >= 15 is 0 Å². The normalized spacial score (nSPS) is 9.27. The highest BCUT2D eigenvalue weighted by atomic mass is 32.1. The maximum absolute atomic E-state index is 3.98. The zero-order valence-corrected chi connectivity index (χ0v) is 7.48. The fourth-order valence-corrected chi connectivity index (χ4v) is 1.03. The zero-order chi connectivity index (χ0) is 8.10. The van der Waals surface area contributed by atoms with E-state index in [1.807, 2.05) is 0 Å². The van der Waals surface area contributed by atoms with Crippen molar-refractivity contribution < 1.29 is 0 Å². The largest absolute Gasteiger partial charge is 0.357 e. The maximum Gasteiger partial charge on any atom is 0.202 e. The molecule has 4 heteroatoms. The van der Waals surface area contributed by atoms with Gasteiger partial charge in [-0.05, 0) is 13.8 Å². The summed E-state index contributed by atoms with van der Waals surface area (Å²) in [6.07, 6.45) is 3.66. The highest BCUT2D eigenvalue weighted by Gasteiger charge is 1.90. The molecule has 1 aromatic heterocycles. The summed E-state index contributed by atoms with van der Waals surface area (Å²) in [6, 6.07) is 0. The topological polar surface area (TPSA) is 37.8 Å². The molecule has 0 saturated carbocycles. The van der Waals surface area contributed by atoms with Crippen LogP contribution in [-0.4, -0.2) is 15.9 Å². The molecule has 0 unspecified atom stereocenters. The molecular weight excluding hydrogens is 158 g/mol.